The van der Waals surface area contributed by atoms with Gasteiger partial charge in [0, 0.05) is 57.3 Å². The highest BCUT2D eigenvalue weighted by atomic mass is 19.4. The summed E-state index contributed by atoms with van der Waals surface area (Å²) in [6, 6.07) is 2.64. The SMILES string of the molecule is CC(C)c1cc(C(F)(F)F)n2nc(C3CCN(C(=O)c4cnc(N(C)C)nc4)C3)cc2n1. The molecule has 3 aromatic rings. The van der Waals surface area contributed by atoms with Gasteiger partial charge in [-0.1, -0.05) is 13.8 Å². The lowest BCUT2D eigenvalue weighted by atomic mass is 10.1. The number of rotatable bonds is 4. The molecule has 1 amide bonds. The lowest BCUT2D eigenvalue weighted by Gasteiger charge is -2.16. The molecule has 0 radical (unpaired) electrons. The van der Waals surface area contributed by atoms with Crippen molar-refractivity contribution in [1.29, 1.82) is 0 Å². The molecule has 3 aromatic heterocycles. The van der Waals surface area contributed by atoms with Crippen LogP contribution in [0.5, 0.6) is 0 Å². The molecule has 1 atom stereocenters. The van der Waals surface area contributed by atoms with Crippen molar-refractivity contribution < 1.29 is 18.0 Å². The van der Waals surface area contributed by atoms with Crippen molar-refractivity contribution in [2.75, 3.05) is 32.1 Å². The fourth-order valence-corrected chi connectivity index (χ4v) is 3.74. The lowest BCUT2D eigenvalue weighted by molar-refractivity contribution is -0.142. The van der Waals surface area contributed by atoms with E-state index in [1.54, 1.807) is 43.8 Å². The number of likely N-dealkylation sites (tertiary alicyclic amines) is 1. The highest BCUT2D eigenvalue weighted by Gasteiger charge is 2.36. The second-order valence-electron chi connectivity index (χ2n) is 8.46. The van der Waals surface area contributed by atoms with Crippen LogP contribution in [-0.4, -0.2) is 62.6 Å². The molecular formula is C21H24F3N7O. The van der Waals surface area contributed by atoms with Crippen LogP contribution >= 0.6 is 0 Å². The molecule has 1 saturated heterocycles. The second kappa shape index (κ2) is 8.03. The maximum absolute atomic E-state index is 13.6. The number of carbonyl (C=O) groups excluding carboxylic acids is 1. The number of amides is 1. The number of halogens is 3. The van der Waals surface area contributed by atoms with Crippen molar-refractivity contribution in [3.05, 3.63) is 47.2 Å². The molecule has 0 bridgehead atoms. The third-order valence-corrected chi connectivity index (χ3v) is 5.53. The third kappa shape index (κ3) is 4.11. The summed E-state index contributed by atoms with van der Waals surface area (Å²) in [6.45, 7) is 4.43. The van der Waals surface area contributed by atoms with Crippen LogP contribution in [0.2, 0.25) is 0 Å². The Hall–Kier alpha value is -3.24. The minimum atomic E-state index is -4.55. The van der Waals surface area contributed by atoms with Crippen LogP contribution in [0.4, 0.5) is 19.1 Å². The number of hydrogen-bond acceptors (Lipinski definition) is 6. The summed E-state index contributed by atoms with van der Waals surface area (Å²) in [7, 11) is 3.61. The highest BCUT2D eigenvalue weighted by molar-refractivity contribution is 5.94. The Morgan fingerprint density at radius 3 is 2.47 bits per heavy atom. The number of fused-ring (bicyclic) bond motifs is 1. The predicted molar refractivity (Wildman–Crippen MR) is 112 cm³/mol. The molecule has 4 heterocycles. The van der Waals surface area contributed by atoms with E-state index in [0.29, 0.717) is 42.4 Å². The van der Waals surface area contributed by atoms with E-state index in [1.807, 2.05) is 0 Å². The Labute approximate surface area is 183 Å². The van der Waals surface area contributed by atoms with Gasteiger partial charge in [-0.3, -0.25) is 4.79 Å². The van der Waals surface area contributed by atoms with Crippen LogP contribution in [0.25, 0.3) is 5.65 Å². The Bertz CT molecular complexity index is 1140. The van der Waals surface area contributed by atoms with E-state index in [-0.39, 0.29) is 23.4 Å². The van der Waals surface area contributed by atoms with Crippen molar-refractivity contribution in [3.63, 3.8) is 0 Å². The highest BCUT2D eigenvalue weighted by Crippen LogP contribution is 2.33. The van der Waals surface area contributed by atoms with Gasteiger partial charge in [0.05, 0.1) is 11.3 Å². The predicted octanol–water partition coefficient (Wildman–Crippen LogP) is 3.36. The van der Waals surface area contributed by atoms with Crippen molar-refractivity contribution >= 4 is 17.5 Å². The van der Waals surface area contributed by atoms with Gasteiger partial charge in [0.25, 0.3) is 5.91 Å². The van der Waals surface area contributed by atoms with E-state index < -0.39 is 11.9 Å². The molecular weight excluding hydrogens is 423 g/mol. The molecule has 0 aliphatic carbocycles. The maximum atomic E-state index is 13.6. The van der Waals surface area contributed by atoms with Crippen molar-refractivity contribution in [1.82, 2.24) is 29.5 Å². The average molecular weight is 447 g/mol. The van der Waals surface area contributed by atoms with Gasteiger partial charge in [-0.15, -0.1) is 0 Å². The Morgan fingerprint density at radius 1 is 1.19 bits per heavy atom. The maximum Gasteiger partial charge on any atom is 0.433 e. The number of aromatic nitrogens is 5. The second-order valence-corrected chi connectivity index (χ2v) is 8.46. The van der Waals surface area contributed by atoms with Gasteiger partial charge >= 0.3 is 6.18 Å². The number of anilines is 1. The Morgan fingerprint density at radius 2 is 1.88 bits per heavy atom. The third-order valence-electron chi connectivity index (χ3n) is 5.53. The first-order valence-corrected chi connectivity index (χ1v) is 10.3. The minimum Gasteiger partial charge on any atom is -0.347 e. The van der Waals surface area contributed by atoms with E-state index in [4.69, 9.17) is 0 Å². The molecule has 0 spiro atoms. The summed E-state index contributed by atoms with van der Waals surface area (Å²) in [6.07, 6.45) is -0.985. The van der Waals surface area contributed by atoms with Crippen LogP contribution in [0.1, 0.15) is 59.5 Å². The van der Waals surface area contributed by atoms with Crippen LogP contribution < -0.4 is 4.90 Å². The molecule has 0 N–H and O–H groups in total. The molecule has 0 aromatic carbocycles. The first-order valence-electron chi connectivity index (χ1n) is 10.3. The number of nitrogens with zero attached hydrogens (tertiary/aromatic N) is 7. The van der Waals surface area contributed by atoms with Crippen molar-refractivity contribution in [2.45, 2.75) is 38.3 Å². The summed E-state index contributed by atoms with van der Waals surface area (Å²) < 4.78 is 41.7. The summed E-state index contributed by atoms with van der Waals surface area (Å²) in [5.74, 6) is -0.0385. The van der Waals surface area contributed by atoms with Crippen molar-refractivity contribution in [3.8, 4) is 0 Å². The van der Waals surface area contributed by atoms with E-state index in [0.717, 1.165) is 10.6 Å². The molecule has 1 aliphatic rings. The zero-order valence-corrected chi connectivity index (χ0v) is 18.3. The zero-order valence-electron chi connectivity index (χ0n) is 18.3. The number of alkyl halides is 3. The molecule has 32 heavy (non-hydrogen) atoms. The zero-order chi connectivity index (χ0) is 23.2. The number of hydrogen-bond donors (Lipinski definition) is 0. The first kappa shape index (κ1) is 22.0. The molecule has 170 valence electrons. The molecule has 0 saturated carbocycles. The van der Waals surface area contributed by atoms with Gasteiger partial charge in [0.1, 0.15) is 5.69 Å². The van der Waals surface area contributed by atoms with Crippen LogP contribution in [0, 0.1) is 0 Å². The van der Waals surface area contributed by atoms with Gasteiger partial charge in [-0.25, -0.2) is 19.5 Å². The van der Waals surface area contributed by atoms with Gasteiger partial charge in [0.15, 0.2) is 5.65 Å². The van der Waals surface area contributed by atoms with Gasteiger partial charge in [-0.05, 0) is 18.4 Å². The summed E-state index contributed by atoms with van der Waals surface area (Å²) in [5, 5.41) is 4.23. The molecule has 1 fully saturated rings. The fourth-order valence-electron chi connectivity index (χ4n) is 3.74. The molecule has 11 heteroatoms. The monoisotopic (exact) mass is 447 g/mol. The van der Waals surface area contributed by atoms with Gasteiger partial charge < -0.3 is 9.80 Å². The fraction of sp³-hybridized carbons (Fsp3) is 0.476. The van der Waals surface area contributed by atoms with E-state index in [2.05, 4.69) is 20.1 Å². The normalized spacial score (nSPS) is 16.9. The van der Waals surface area contributed by atoms with E-state index in [1.165, 1.54) is 12.4 Å². The average Bonchev–Trinajstić information content (AvgIpc) is 3.38. The number of carbonyl (C=O) groups is 1. The summed E-state index contributed by atoms with van der Waals surface area (Å²) in [5.41, 5.74) is 0.547. The topological polar surface area (TPSA) is 79.5 Å². The Balaban J connectivity index is 1.58. The van der Waals surface area contributed by atoms with Crippen LogP contribution in [0.3, 0.4) is 0 Å². The summed E-state index contributed by atoms with van der Waals surface area (Å²) in [4.78, 5) is 28.9. The molecule has 1 unspecified atom stereocenters. The standard InChI is InChI=1S/C21H24F3N7O/c1-12(2)15-7-17(21(22,23)24)31-18(27-15)8-16(28-31)13-5-6-30(11-13)19(32)14-9-25-20(26-10-14)29(3)4/h7-10,12-13H,5-6,11H2,1-4H3. The van der Waals surface area contributed by atoms with E-state index >= 15 is 0 Å². The lowest BCUT2D eigenvalue weighted by Crippen LogP contribution is -2.29. The largest absolute Gasteiger partial charge is 0.433 e. The molecule has 1 aliphatic heterocycles. The molecule has 4 rings (SSSR count). The van der Waals surface area contributed by atoms with Gasteiger partial charge in [0.2, 0.25) is 5.95 Å². The molecule has 8 nitrogen and oxygen atoms in total. The summed E-state index contributed by atoms with van der Waals surface area (Å²) >= 11 is 0. The smallest absolute Gasteiger partial charge is 0.347 e. The minimum absolute atomic E-state index is 0.153. The van der Waals surface area contributed by atoms with E-state index in [9.17, 15) is 18.0 Å². The van der Waals surface area contributed by atoms with Crippen molar-refractivity contribution in [2.24, 2.45) is 0 Å². The van der Waals surface area contributed by atoms with Gasteiger partial charge in [-0.2, -0.15) is 18.3 Å². The first-order chi connectivity index (χ1) is 15.0. The quantitative estimate of drug-likeness (QED) is 0.610. The van der Waals surface area contributed by atoms with Crippen LogP contribution in [-0.2, 0) is 6.18 Å². The Kier molecular flexibility index (Phi) is 5.51. The van der Waals surface area contributed by atoms with Crippen LogP contribution in [0.15, 0.2) is 24.5 Å².